The van der Waals surface area contributed by atoms with Gasteiger partial charge in [-0.1, -0.05) is 20.3 Å². The Labute approximate surface area is 76.1 Å². The number of hydrogen-bond acceptors (Lipinski definition) is 2. The lowest BCUT2D eigenvalue weighted by atomic mass is 9.94. The van der Waals surface area contributed by atoms with E-state index in [1.807, 2.05) is 0 Å². The Morgan fingerprint density at radius 3 is 2.67 bits per heavy atom. The molecule has 1 fully saturated rings. The van der Waals surface area contributed by atoms with Gasteiger partial charge in [-0.05, 0) is 24.8 Å². The van der Waals surface area contributed by atoms with Gasteiger partial charge in [0.05, 0.1) is 0 Å². The van der Waals surface area contributed by atoms with Crippen molar-refractivity contribution in [3.05, 3.63) is 0 Å². The van der Waals surface area contributed by atoms with Gasteiger partial charge in [0, 0.05) is 19.6 Å². The van der Waals surface area contributed by atoms with Crippen LogP contribution in [-0.2, 0) is 0 Å². The van der Waals surface area contributed by atoms with E-state index in [0.29, 0.717) is 5.92 Å². The van der Waals surface area contributed by atoms with Crippen molar-refractivity contribution in [1.29, 1.82) is 0 Å². The summed E-state index contributed by atoms with van der Waals surface area (Å²) in [4.78, 5) is 2.53. The molecule has 2 heteroatoms. The molecule has 12 heavy (non-hydrogen) atoms. The molecule has 0 aromatic rings. The zero-order valence-corrected chi connectivity index (χ0v) is 8.42. The van der Waals surface area contributed by atoms with E-state index < -0.39 is 0 Å². The summed E-state index contributed by atoms with van der Waals surface area (Å²) in [5, 5.41) is 0. The van der Waals surface area contributed by atoms with Gasteiger partial charge >= 0.3 is 0 Å². The third-order valence-electron chi connectivity index (χ3n) is 2.70. The van der Waals surface area contributed by atoms with Crippen molar-refractivity contribution in [3.8, 4) is 0 Å². The van der Waals surface area contributed by atoms with Crippen molar-refractivity contribution in [2.45, 2.75) is 26.7 Å². The van der Waals surface area contributed by atoms with E-state index in [1.54, 1.807) is 0 Å². The van der Waals surface area contributed by atoms with Crippen LogP contribution < -0.4 is 5.73 Å². The molecule has 1 rings (SSSR count). The van der Waals surface area contributed by atoms with Crippen molar-refractivity contribution >= 4 is 0 Å². The zero-order chi connectivity index (χ0) is 8.97. The first-order chi connectivity index (χ1) is 5.76. The fraction of sp³-hybridized carbons (Fsp3) is 1.00. The second-order valence-electron chi connectivity index (χ2n) is 4.21. The summed E-state index contributed by atoms with van der Waals surface area (Å²) in [5.41, 5.74) is 5.57. The first-order valence-corrected chi connectivity index (χ1v) is 5.18. The molecule has 0 spiro atoms. The molecule has 0 amide bonds. The van der Waals surface area contributed by atoms with E-state index >= 15 is 0 Å². The fourth-order valence-corrected chi connectivity index (χ4v) is 1.93. The van der Waals surface area contributed by atoms with Crippen LogP contribution >= 0.6 is 0 Å². The standard InChI is InChI=1S/C10H22N2/c1-3-4-10-7-12(8-10)6-9(2)5-11/h9-10H,3-8,11H2,1-2H3. The average molecular weight is 170 g/mol. The minimum atomic E-state index is 0.674. The molecule has 0 radical (unpaired) electrons. The second-order valence-corrected chi connectivity index (χ2v) is 4.21. The number of hydrogen-bond donors (Lipinski definition) is 1. The van der Waals surface area contributed by atoms with E-state index in [4.69, 9.17) is 5.73 Å². The quantitative estimate of drug-likeness (QED) is 0.674. The summed E-state index contributed by atoms with van der Waals surface area (Å²) in [6.07, 6.45) is 2.75. The summed E-state index contributed by atoms with van der Waals surface area (Å²) in [5.74, 6) is 1.66. The van der Waals surface area contributed by atoms with E-state index in [1.165, 1.54) is 32.5 Å². The summed E-state index contributed by atoms with van der Waals surface area (Å²) < 4.78 is 0. The van der Waals surface area contributed by atoms with Crippen LogP contribution in [0.15, 0.2) is 0 Å². The summed E-state index contributed by atoms with van der Waals surface area (Å²) in [6, 6.07) is 0. The molecule has 1 aliphatic heterocycles. The normalized spacial score (nSPS) is 22.2. The van der Waals surface area contributed by atoms with Gasteiger partial charge in [-0.15, -0.1) is 0 Å². The highest BCUT2D eigenvalue weighted by Crippen LogP contribution is 2.20. The SMILES string of the molecule is CCCC1CN(CC(C)CN)C1. The van der Waals surface area contributed by atoms with E-state index in [-0.39, 0.29) is 0 Å². The second kappa shape index (κ2) is 4.83. The highest BCUT2D eigenvalue weighted by atomic mass is 15.2. The predicted molar refractivity (Wildman–Crippen MR) is 53.1 cm³/mol. The molecule has 1 saturated heterocycles. The number of nitrogens with zero attached hydrogens (tertiary/aromatic N) is 1. The third-order valence-corrected chi connectivity index (χ3v) is 2.70. The molecule has 0 aliphatic carbocycles. The number of nitrogens with two attached hydrogens (primary N) is 1. The summed E-state index contributed by atoms with van der Waals surface area (Å²) in [6.45, 7) is 9.17. The fourth-order valence-electron chi connectivity index (χ4n) is 1.93. The van der Waals surface area contributed by atoms with Gasteiger partial charge in [0.25, 0.3) is 0 Å². The Kier molecular flexibility index (Phi) is 4.02. The average Bonchev–Trinajstić information content (AvgIpc) is 2.00. The van der Waals surface area contributed by atoms with Crippen molar-refractivity contribution < 1.29 is 0 Å². The van der Waals surface area contributed by atoms with Crippen LogP contribution in [0.2, 0.25) is 0 Å². The van der Waals surface area contributed by atoms with Gasteiger partial charge in [0.15, 0.2) is 0 Å². The lowest BCUT2D eigenvalue weighted by Gasteiger charge is -2.40. The van der Waals surface area contributed by atoms with Crippen LogP contribution in [-0.4, -0.2) is 31.1 Å². The monoisotopic (exact) mass is 170 g/mol. The van der Waals surface area contributed by atoms with Crippen LogP contribution in [0.5, 0.6) is 0 Å². The van der Waals surface area contributed by atoms with Crippen molar-refractivity contribution in [2.75, 3.05) is 26.2 Å². The van der Waals surface area contributed by atoms with E-state index in [9.17, 15) is 0 Å². The highest BCUT2D eigenvalue weighted by molar-refractivity contribution is 4.80. The summed E-state index contributed by atoms with van der Waals surface area (Å²) in [7, 11) is 0. The molecule has 2 N–H and O–H groups in total. The maximum atomic E-state index is 5.57. The summed E-state index contributed by atoms with van der Waals surface area (Å²) >= 11 is 0. The van der Waals surface area contributed by atoms with Gasteiger partial charge in [-0.3, -0.25) is 0 Å². The van der Waals surface area contributed by atoms with Gasteiger partial charge in [-0.25, -0.2) is 0 Å². The maximum Gasteiger partial charge on any atom is 0.00221 e. The van der Waals surface area contributed by atoms with Crippen LogP contribution in [0.3, 0.4) is 0 Å². The molecule has 1 atom stereocenters. The molecule has 0 aromatic heterocycles. The first kappa shape index (κ1) is 10.0. The number of likely N-dealkylation sites (tertiary alicyclic amines) is 1. The number of rotatable bonds is 5. The van der Waals surface area contributed by atoms with E-state index in [0.717, 1.165) is 12.5 Å². The highest BCUT2D eigenvalue weighted by Gasteiger charge is 2.25. The minimum absolute atomic E-state index is 0.674. The molecule has 2 nitrogen and oxygen atoms in total. The van der Waals surface area contributed by atoms with Crippen LogP contribution in [0.4, 0.5) is 0 Å². The largest absolute Gasteiger partial charge is 0.330 e. The minimum Gasteiger partial charge on any atom is -0.330 e. The molecule has 1 unspecified atom stereocenters. The molecule has 1 aliphatic rings. The Morgan fingerprint density at radius 1 is 1.50 bits per heavy atom. The van der Waals surface area contributed by atoms with E-state index in [2.05, 4.69) is 18.7 Å². The molecule has 1 heterocycles. The van der Waals surface area contributed by atoms with Gasteiger partial charge in [0.1, 0.15) is 0 Å². The topological polar surface area (TPSA) is 29.3 Å². The molecule has 72 valence electrons. The Morgan fingerprint density at radius 2 is 2.17 bits per heavy atom. The molecular formula is C10H22N2. The van der Waals surface area contributed by atoms with Gasteiger partial charge < -0.3 is 10.6 Å². The Balaban J connectivity index is 2.01. The van der Waals surface area contributed by atoms with Crippen molar-refractivity contribution in [2.24, 2.45) is 17.6 Å². The molecule has 0 saturated carbocycles. The lowest BCUT2D eigenvalue weighted by molar-refractivity contribution is 0.0796. The first-order valence-electron chi connectivity index (χ1n) is 5.18. The molecule has 0 bridgehead atoms. The van der Waals surface area contributed by atoms with Gasteiger partial charge in [0.2, 0.25) is 0 Å². The van der Waals surface area contributed by atoms with Crippen LogP contribution in [0.1, 0.15) is 26.7 Å². The Bertz CT molecular complexity index is 119. The molecule has 0 aromatic carbocycles. The zero-order valence-electron chi connectivity index (χ0n) is 8.42. The third kappa shape index (κ3) is 2.76. The van der Waals surface area contributed by atoms with Crippen LogP contribution in [0, 0.1) is 11.8 Å². The lowest BCUT2D eigenvalue weighted by Crippen LogP contribution is -2.48. The molecular weight excluding hydrogens is 148 g/mol. The van der Waals surface area contributed by atoms with Crippen LogP contribution in [0.25, 0.3) is 0 Å². The Hall–Kier alpha value is -0.0800. The van der Waals surface area contributed by atoms with Gasteiger partial charge in [-0.2, -0.15) is 0 Å². The predicted octanol–water partition coefficient (Wildman–Crippen LogP) is 1.31. The van der Waals surface area contributed by atoms with Crippen molar-refractivity contribution in [1.82, 2.24) is 4.90 Å². The van der Waals surface area contributed by atoms with Crippen molar-refractivity contribution in [3.63, 3.8) is 0 Å². The smallest absolute Gasteiger partial charge is 0.00221 e. The maximum absolute atomic E-state index is 5.57.